The van der Waals surface area contributed by atoms with Crippen molar-refractivity contribution in [3.05, 3.63) is 22.3 Å². The molecule has 15 nitrogen and oxygen atoms in total. The van der Waals surface area contributed by atoms with E-state index in [1.807, 2.05) is 34.6 Å². The average Bonchev–Trinajstić information content (AvgIpc) is 3.26. The van der Waals surface area contributed by atoms with Crippen molar-refractivity contribution in [3.8, 4) is 5.75 Å². The maximum atomic E-state index is 13.4. The van der Waals surface area contributed by atoms with Crippen LogP contribution in [0.2, 0.25) is 0 Å². The predicted octanol–water partition coefficient (Wildman–Crippen LogP) is 1.26. The van der Waals surface area contributed by atoms with Crippen LogP contribution in [-0.4, -0.2) is 73.9 Å². The molecule has 0 spiro atoms. The lowest BCUT2D eigenvalue weighted by Gasteiger charge is -2.25. The number of amides is 3. The number of hydrogen-bond acceptors (Lipinski definition) is 10. The molecule has 0 aromatic heterocycles. The molecule has 1 aliphatic rings. The molecule has 2 rings (SSSR count). The van der Waals surface area contributed by atoms with Crippen molar-refractivity contribution in [1.82, 2.24) is 15.4 Å². The maximum Gasteiger partial charge on any atom is 0.308 e. The molecule has 0 bridgehead atoms. The number of primary amides is 1. The van der Waals surface area contributed by atoms with Crippen molar-refractivity contribution in [2.24, 2.45) is 28.1 Å². The number of esters is 1. The second-order valence-electron chi connectivity index (χ2n) is 14.6. The molecular formula is C33H55N7O8S. The molecule has 9 N–H and O–H groups in total. The minimum atomic E-state index is -4.10. The van der Waals surface area contributed by atoms with Gasteiger partial charge in [0.15, 0.2) is 0 Å². The molecule has 1 aromatic rings. The molecule has 16 heteroatoms. The van der Waals surface area contributed by atoms with E-state index < -0.39 is 63.0 Å². The van der Waals surface area contributed by atoms with Crippen molar-refractivity contribution < 1.29 is 37.1 Å². The summed E-state index contributed by atoms with van der Waals surface area (Å²) >= 11 is 0. The largest absolute Gasteiger partial charge is 0.487 e. The molecule has 0 saturated heterocycles. The van der Waals surface area contributed by atoms with Crippen molar-refractivity contribution in [2.75, 3.05) is 6.54 Å². The number of hydrogen-bond donors (Lipinski definition) is 6. The third kappa shape index (κ3) is 11.9. The van der Waals surface area contributed by atoms with E-state index in [0.29, 0.717) is 23.3 Å². The van der Waals surface area contributed by atoms with E-state index in [1.54, 1.807) is 34.6 Å². The van der Waals surface area contributed by atoms with Crippen LogP contribution in [-0.2, 0) is 40.4 Å². The lowest BCUT2D eigenvalue weighted by atomic mass is 9.94. The van der Waals surface area contributed by atoms with Gasteiger partial charge in [0.2, 0.25) is 23.7 Å². The molecule has 0 saturated carbocycles. The van der Waals surface area contributed by atoms with E-state index in [-0.39, 0.29) is 49.0 Å². The smallest absolute Gasteiger partial charge is 0.308 e. The standard InChI is InChI=1S/C33H55N7O8S/c1-17(2)14-24(39-29(43)22(34)15-25(41)47-32(6,7)8)30(44)38-23(28(35)42)12-11-13-37-31(36)40-49(45,46)27-19(4)18(3)26-21(20(27)5)16-33(9,10)48-26/h17,22-24H,11-16,34H2,1-10H3,(H2,35,42)(H,38,44)(H,39,43)(H3,36,37,40)/t22-,23-,24-/m0/s1. The highest BCUT2D eigenvalue weighted by atomic mass is 32.2. The first-order chi connectivity index (χ1) is 22.3. The molecule has 3 amide bonds. The first-order valence-corrected chi connectivity index (χ1v) is 17.8. The number of sulfonamides is 1. The Bertz CT molecular complexity index is 1570. The second-order valence-corrected chi connectivity index (χ2v) is 16.2. The van der Waals surface area contributed by atoms with Crippen LogP contribution in [0.3, 0.4) is 0 Å². The number of aliphatic imine (C=N–C) groups is 1. The van der Waals surface area contributed by atoms with E-state index in [1.165, 1.54) is 0 Å². The Morgan fingerprint density at radius 2 is 1.57 bits per heavy atom. The molecule has 0 fully saturated rings. The molecule has 1 heterocycles. The summed E-state index contributed by atoms with van der Waals surface area (Å²) in [6, 6.07) is -3.44. The molecule has 1 aromatic carbocycles. The molecule has 0 aliphatic carbocycles. The molecule has 0 radical (unpaired) electrons. The fourth-order valence-electron chi connectivity index (χ4n) is 5.56. The zero-order valence-electron chi connectivity index (χ0n) is 30.4. The van der Waals surface area contributed by atoms with Crippen LogP contribution < -0.4 is 37.3 Å². The van der Waals surface area contributed by atoms with Gasteiger partial charge in [-0.15, -0.1) is 0 Å². The lowest BCUT2D eigenvalue weighted by Crippen LogP contribution is -2.55. The lowest BCUT2D eigenvalue weighted by molar-refractivity contribution is -0.156. The van der Waals surface area contributed by atoms with Crippen LogP contribution >= 0.6 is 0 Å². The number of nitrogens with one attached hydrogen (secondary N) is 3. The topological polar surface area (TPSA) is 247 Å². The zero-order valence-corrected chi connectivity index (χ0v) is 31.2. The predicted molar refractivity (Wildman–Crippen MR) is 186 cm³/mol. The molecule has 0 unspecified atom stereocenters. The van der Waals surface area contributed by atoms with Crippen LogP contribution in [0, 0.1) is 26.7 Å². The Labute approximate surface area is 289 Å². The number of benzene rings is 1. The SMILES string of the molecule is Cc1c(C)c(S(=O)(=O)NC(N)=NCCC[C@H](NC(=O)[C@H](CC(C)C)NC(=O)[C@@H](N)CC(=O)OC(C)(C)C)C(N)=O)c(C)c2c1OC(C)(C)C2. The fourth-order valence-corrected chi connectivity index (χ4v) is 7.08. The van der Waals surface area contributed by atoms with Gasteiger partial charge in [-0.05, 0) is 97.3 Å². The number of carbonyl (C=O) groups excluding carboxylic acids is 4. The Hall–Kier alpha value is -3.92. The molecule has 276 valence electrons. The van der Waals surface area contributed by atoms with Gasteiger partial charge in [-0.25, -0.2) is 13.1 Å². The van der Waals surface area contributed by atoms with Gasteiger partial charge < -0.3 is 37.3 Å². The third-order valence-electron chi connectivity index (χ3n) is 7.88. The van der Waals surface area contributed by atoms with Gasteiger partial charge in [-0.3, -0.25) is 24.2 Å². The van der Waals surface area contributed by atoms with E-state index >= 15 is 0 Å². The summed E-state index contributed by atoms with van der Waals surface area (Å²) in [5, 5.41) is 5.13. The second kappa shape index (κ2) is 16.2. The van der Waals surface area contributed by atoms with Crippen molar-refractivity contribution in [2.45, 2.75) is 136 Å². The van der Waals surface area contributed by atoms with E-state index in [0.717, 1.165) is 11.1 Å². The Morgan fingerprint density at radius 1 is 0.980 bits per heavy atom. The van der Waals surface area contributed by atoms with Crippen LogP contribution in [0.15, 0.2) is 9.89 Å². The quantitative estimate of drug-likeness (QED) is 0.0658. The molecule has 1 aliphatic heterocycles. The zero-order chi connectivity index (χ0) is 37.6. The fraction of sp³-hybridized carbons (Fsp3) is 0.667. The Morgan fingerprint density at radius 3 is 2.12 bits per heavy atom. The van der Waals surface area contributed by atoms with Crippen LogP contribution in [0.4, 0.5) is 0 Å². The van der Waals surface area contributed by atoms with Crippen molar-refractivity contribution >= 4 is 39.7 Å². The Kier molecular flexibility index (Phi) is 13.6. The van der Waals surface area contributed by atoms with Gasteiger partial charge in [0.25, 0.3) is 10.0 Å². The van der Waals surface area contributed by atoms with E-state index in [4.69, 9.17) is 26.7 Å². The summed E-state index contributed by atoms with van der Waals surface area (Å²) in [4.78, 5) is 54.5. The van der Waals surface area contributed by atoms with Crippen molar-refractivity contribution in [3.63, 3.8) is 0 Å². The highest BCUT2D eigenvalue weighted by Crippen LogP contribution is 2.43. The minimum Gasteiger partial charge on any atom is -0.487 e. The number of nitrogens with zero attached hydrogens (tertiary/aromatic N) is 1. The summed E-state index contributed by atoms with van der Waals surface area (Å²) in [5.41, 5.74) is 18.9. The summed E-state index contributed by atoms with van der Waals surface area (Å²) in [6.45, 7) is 17.9. The highest BCUT2D eigenvalue weighted by Gasteiger charge is 2.37. The van der Waals surface area contributed by atoms with Gasteiger partial charge in [0.1, 0.15) is 29.0 Å². The maximum absolute atomic E-state index is 13.4. The monoisotopic (exact) mass is 709 g/mol. The van der Waals surface area contributed by atoms with E-state index in [9.17, 15) is 27.6 Å². The highest BCUT2D eigenvalue weighted by molar-refractivity contribution is 7.90. The average molecular weight is 710 g/mol. The van der Waals surface area contributed by atoms with Crippen molar-refractivity contribution in [1.29, 1.82) is 0 Å². The van der Waals surface area contributed by atoms with Gasteiger partial charge >= 0.3 is 5.97 Å². The number of carbonyl (C=O) groups is 4. The van der Waals surface area contributed by atoms with Gasteiger partial charge in [-0.2, -0.15) is 0 Å². The number of ether oxygens (including phenoxy) is 2. The van der Waals surface area contributed by atoms with Crippen LogP contribution in [0.1, 0.15) is 96.4 Å². The van der Waals surface area contributed by atoms with Crippen LogP contribution in [0.5, 0.6) is 5.75 Å². The molecule has 3 atom stereocenters. The third-order valence-corrected chi connectivity index (χ3v) is 9.50. The van der Waals surface area contributed by atoms with E-state index in [2.05, 4.69) is 20.3 Å². The summed E-state index contributed by atoms with van der Waals surface area (Å²) in [6.07, 6.45) is 0.661. The molecular weight excluding hydrogens is 654 g/mol. The molecule has 49 heavy (non-hydrogen) atoms. The number of rotatable bonds is 15. The van der Waals surface area contributed by atoms with Crippen LogP contribution in [0.25, 0.3) is 0 Å². The van der Waals surface area contributed by atoms with Gasteiger partial charge in [-0.1, -0.05) is 13.8 Å². The first kappa shape index (κ1) is 41.3. The van der Waals surface area contributed by atoms with Gasteiger partial charge in [0.05, 0.1) is 17.4 Å². The normalized spacial score (nSPS) is 16.2. The number of fused-ring (bicyclic) bond motifs is 1. The summed E-state index contributed by atoms with van der Waals surface area (Å²) < 4.78 is 40.5. The summed E-state index contributed by atoms with van der Waals surface area (Å²) in [7, 11) is -4.10. The Balaban J connectivity index is 2.05. The first-order valence-electron chi connectivity index (χ1n) is 16.4. The number of nitrogens with two attached hydrogens (primary N) is 3. The number of guanidine groups is 1. The minimum absolute atomic E-state index is 0.0168. The summed E-state index contributed by atoms with van der Waals surface area (Å²) in [5.74, 6) is -2.52. The van der Waals surface area contributed by atoms with Gasteiger partial charge in [0, 0.05) is 18.5 Å².